The molecule has 2 atom stereocenters. The minimum absolute atomic E-state index is 0.132. The normalized spacial score (nSPS) is 30.0. The first-order valence-corrected chi connectivity index (χ1v) is 4.66. The average Bonchev–Trinajstić information content (AvgIpc) is 2.31. The van der Waals surface area contributed by atoms with Crippen molar-refractivity contribution in [1.82, 2.24) is 0 Å². The predicted octanol–water partition coefficient (Wildman–Crippen LogP) is 0.801. The lowest BCUT2D eigenvalue weighted by molar-refractivity contribution is -0.146. The van der Waals surface area contributed by atoms with Crippen molar-refractivity contribution in [2.45, 2.75) is 25.7 Å². The van der Waals surface area contributed by atoms with Gasteiger partial charge in [-0.3, -0.25) is 0 Å². The molecule has 0 bridgehead atoms. The Bertz CT molecular complexity index is 129. The van der Waals surface area contributed by atoms with Gasteiger partial charge in [0.15, 0.2) is 6.29 Å². The fourth-order valence-electron chi connectivity index (χ4n) is 1.22. The van der Waals surface area contributed by atoms with Crippen LogP contribution in [0.25, 0.3) is 0 Å². The van der Waals surface area contributed by atoms with Crippen molar-refractivity contribution < 1.29 is 18.9 Å². The van der Waals surface area contributed by atoms with Crippen LogP contribution in [0.1, 0.15) is 13.3 Å². The van der Waals surface area contributed by atoms with E-state index in [0.29, 0.717) is 26.4 Å². The Morgan fingerprint density at radius 2 is 2.00 bits per heavy atom. The molecule has 0 aliphatic carbocycles. The summed E-state index contributed by atoms with van der Waals surface area (Å²) in [4.78, 5) is 0. The first-order valence-electron chi connectivity index (χ1n) is 4.66. The van der Waals surface area contributed by atoms with E-state index in [2.05, 4.69) is 0 Å². The van der Waals surface area contributed by atoms with Gasteiger partial charge in [0.05, 0.1) is 32.5 Å². The Kier molecular flexibility index (Phi) is 5.31. The molecule has 0 aromatic heterocycles. The van der Waals surface area contributed by atoms with E-state index in [-0.39, 0.29) is 12.4 Å². The monoisotopic (exact) mass is 190 g/mol. The summed E-state index contributed by atoms with van der Waals surface area (Å²) in [5.41, 5.74) is 0. The van der Waals surface area contributed by atoms with Gasteiger partial charge in [0.25, 0.3) is 0 Å². The van der Waals surface area contributed by atoms with Gasteiger partial charge in [0.1, 0.15) is 0 Å². The maximum atomic E-state index is 5.45. The van der Waals surface area contributed by atoms with Gasteiger partial charge in [-0.05, 0) is 6.92 Å². The van der Waals surface area contributed by atoms with Crippen molar-refractivity contribution in [2.24, 2.45) is 0 Å². The van der Waals surface area contributed by atoms with Crippen LogP contribution in [0, 0.1) is 0 Å². The Balaban J connectivity index is 2.15. The van der Waals surface area contributed by atoms with Crippen LogP contribution in [-0.2, 0) is 18.9 Å². The third kappa shape index (κ3) is 4.57. The highest BCUT2D eigenvalue weighted by molar-refractivity contribution is 4.58. The number of rotatable bonds is 4. The van der Waals surface area contributed by atoms with Crippen LogP contribution in [0.3, 0.4) is 0 Å². The molecule has 0 aromatic carbocycles. The molecule has 4 heteroatoms. The van der Waals surface area contributed by atoms with E-state index in [0.717, 1.165) is 6.42 Å². The van der Waals surface area contributed by atoms with E-state index in [4.69, 9.17) is 18.9 Å². The number of hydrogen-bond donors (Lipinski definition) is 0. The fourth-order valence-corrected chi connectivity index (χ4v) is 1.22. The third-order valence-corrected chi connectivity index (χ3v) is 1.91. The van der Waals surface area contributed by atoms with Gasteiger partial charge in [0.2, 0.25) is 0 Å². The molecule has 0 radical (unpaired) electrons. The van der Waals surface area contributed by atoms with E-state index in [9.17, 15) is 0 Å². The van der Waals surface area contributed by atoms with E-state index >= 15 is 0 Å². The molecule has 13 heavy (non-hydrogen) atoms. The topological polar surface area (TPSA) is 36.9 Å². The first-order chi connectivity index (χ1) is 6.33. The summed E-state index contributed by atoms with van der Waals surface area (Å²) in [7, 11) is 1.66. The maximum Gasteiger partial charge on any atom is 0.160 e. The minimum Gasteiger partial charge on any atom is -0.382 e. The number of methoxy groups -OCH3 is 1. The summed E-state index contributed by atoms with van der Waals surface area (Å²) in [5, 5.41) is 0. The molecule has 1 saturated heterocycles. The quantitative estimate of drug-likeness (QED) is 0.614. The molecule has 0 amide bonds. The van der Waals surface area contributed by atoms with Crippen LogP contribution in [0.5, 0.6) is 0 Å². The third-order valence-electron chi connectivity index (χ3n) is 1.91. The first kappa shape index (κ1) is 10.9. The predicted molar refractivity (Wildman–Crippen MR) is 47.6 cm³/mol. The summed E-state index contributed by atoms with van der Waals surface area (Å²) in [5.74, 6) is 0. The maximum absolute atomic E-state index is 5.45. The van der Waals surface area contributed by atoms with Crippen molar-refractivity contribution in [3.63, 3.8) is 0 Å². The molecule has 1 aliphatic rings. The Hall–Kier alpha value is -0.160. The van der Waals surface area contributed by atoms with Crippen LogP contribution >= 0.6 is 0 Å². The second-order valence-corrected chi connectivity index (χ2v) is 3.08. The number of hydrogen-bond acceptors (Lipinski definition) is 4. The van der Waals surface area contributed by atoms with Crippen LogP contribution in [-0.4, -0.2) is 45.9 Å². The molecule has 78 valence electrons. The lowest BCUT2D eigenvalue weighted by Gasteiger charge is -2.16. The van der Waals surface area contributed by atoms with Gasteiger partial charge in [-0.15, -0.1) is 0 Å². The highest BCUT2D eigenvalue weighted by Crippen LogP contribution is 2.11. The van der Waals surface area contributed by atoms with E-state index in [1.54, 1.807) is 7.11 Å². The SMILES string of the molecule is COCCO[C@H]1C[C@@H](C)OCCO1. The molecule has 0 spiro atoms. The van der Waals surface area contributed by atoms with E-state index in [1.165, 1.54) is 0 Å². The van der Waals surface area contributed by atoms with Crippen LogP contribution < -0.4 is 0 Å². The van der Waals surface area contributed by atoms with Gasteiger partial charge in [-0.25, -0.2) is 0 Å². The summed E-state index contributed by atoms with van der Waals surface area (Å²) in [6.45, 7) is 4.48. The zero-order valence-corrected chi connectivity index (χ0v) is 8.32. The Labute approximate surface area is 79.1 Å². The van der Waals surface area contributed by atoms with Gasteiger partial charge in [0, 0.05) is 13.5 Å². The summed E-state index contributed by atoms with van der Waals surface area (Å²) in [6.07, 6.45) is 0.881. The smallest absolute Gasteiger partial charge is 0.160 e. The molecule has 0 N–H and O–H groups in total. The van der Waals surface area contributed by atoms with Crippen LogP contribution in [0.4, 0.5) is 0 Å². The van der Waals surface area contributed by atoms with Crippen molar-refractivity contribution in [3.8, 4) is 0 Å². The summed E-state index contributed by atoms with van der Waals surface area (Å²) < 4.78 is 21.1. The highest BCUT2D eigenvalue weighted by atomic mass is 16.7. The van der Waals surface area contributed by atoms with Gasteiger partial charge in [-0.2, -0.15) is 0 Å². The molecule has 1 heterocycles. The second-order valence-electron chi connectivity index (χ2n) is 3.08. The zero-order valence-electron chi connectivity index (χ0n) is 8.32. The van der Waals surface area contributed by atoms with Crippen molar-refractivity contribution >= 4 is 0 Å². The Morgan fingerprint density at radius 3 is 2.77 bits per heavy atom. The second kappa shape index (κ2) is 6.32. The molecule has 0 unspecified atom stereocenters. The molecule has 1 aliphatic heterocycles. The standard InChI is InChI=1S/C9H18O4/c1-8-7-9(12-4-3-10-2)13-6-5-11-8/h8-9H,3-7H2,1-2H3/t8-,9-/m1/s1. The van der Waals surface area contributed by atoms with Crippen molar-refractivity contribution in [3.05, 3.63) is 0 Å². The zero-order chi connectivity index (χ0) is 9.52. The van der Waals surface area contributed by atoms with E-state index in [1.807, 2.05) is 6.92 Å². The molecule has 0 saturated carbocycles. The summed E-state index contributed by atoms with van der Waals surface area (Å²) in [6, 6.07) is 0. The van der Waals surface area contributed by atoms with Gasteiger partial charge < -0.3 is 18.9 Å². The minimum atomic E-state index is -0.132. The molecule has 4 nitrogen and oxygen atoms in total. The summed E-state index contributed by atoms with van der Waals surface area (Å²) >= 11 is 0. The van der Waals surface area contributed by atoms with E-state index < -0.39 is 0 Å². The fraction of sp³-hybridized carbons (Fsp3) is 1.00. The van der Waals surface area contributed by atoms with Crippen LogP contribution in [0.15, 0.2) is 0 Å². The average molecular weight is 190 g/mol. The lowest BCUT2D eigenvalue weighted by Crippen LogP contribution is -2.22. The largest absolute Gasteiger partial charge is 0.382 e. The molecule has 0 aromatic rings. The van der Waals surface area contributed by atoms with Crippen molar-refractivity contribution in [2.75, 3.05) is 33.5 Å². The molecular weight excluding hydrogens is 172 g/mol. The van der Waals surface area contributed by atoms with Crippen LogP contribution in [0.2, 0.25) is 0 Å². The van der Waals surface area contributed by atoms with Gasteiger partial charge >= 0.3 is 0 Å². The molecular formula is C9H18O4. The molecule has 1 fully saturated rings. The van der Waals surface area contributed by atoms with Crippen molar-refractivity contribution in [1.29, 1.82) is 0 Å². The Morgan fingerprint density at radius 1 is 1.23 bits per heavy atom. The lowest BCUT2D eigenvalue weighted by atomic mass is 10.3. The molecule has 1 rings (SSSR count). The number of ether oxygens (including phenoxy) is 4. The van der Waals surface area contributed by atoms with Gasteiger partial charge in [-0.1, -0.05) is 0 Å². The highest BCUT2D eigenvalue weighted by Gasteiger charge is 2.17.